The normalized spacial score (nSPS) is 21.1. The van der Waals surface area contributed by atoms with Crippen molar-refractivity contribution in [1.29, 1.82) is 0 Å². The molecule has 0 saturated carbocycles. The summed E-state index contributed by atoms with van der Waals surface area (Å²) in [5.41, 5.74) is 19.6. The highest BCUT2D eigenvalue weighted by Gasteiger charge is 2.45. The molecule has 5 amide bonds. The topological polar surface area (TPSA) is 243 Å². The Bertz CT molecular complexity index is 2400. The average molecular weight is 923 g/mol. The van der Waals surface area contributed by atoms with Crippen LogP contribution in [0.3, 0.4) is 0 Å². The number of benzene rings is 3. The summed E-state index contributed by atoms with van der Waals surface area (Å²) in [6.45, 7) is 9.70. The zero-order chi connectivity index (χ0) is 47.4. The maximum absolute atomic E-state index is 14.3. The van der Waals surface area contributed by atoms with Gasteiger partial charge in [-0.25, -0.2) is 4.98 Å². The van der Waals surface area contributed by atoms with Crippen LogP contribution in [0.25, 0.3) is 10.4 Å². The summed E-state index contributed by atoms with van der Waals surface area (Å²) in [4.78, 5) is 75.4. The third-order valence-corrected chi connectivity index (χ3v) is 13.9. The summed E-state index contributed by atoms with van der Waals surface area (Å²) in [7, 11) is 0. The van der Waals surface area contributed by atoms with Gasteiger partial charge in [-0.15, -0.1) is 11.3 Å². The van der Waals surface area contributed by atoms with Crippen LogP contribution in [-0.4, -0.2) is 98.6 Å². The molecule has 7 rings (SSSR count). The number of ether oxygens (including phenoxy) is 1. The second kappa shape index (κ2) is 20.5. The van der Waals surface area contributed by atoms with E-state index in [0.717, 1.165) is 44.1 Å². The van der Waals surface area contributed by atoms with Gasteiger partial charge in [0, 0.05) is 32.4 Å². The number of carbonyl (C=O) groups excluding carboxylic acids is 5. The van der Waals surface area contributed by atoms with Gasteiger partial charge in [-0.1, -0.05) is 87.5 Å². The Morgan fingerprint density at radius 2 is 1.68 bits per heavy atom. The fraction of sp³-hybridized carbons (Fsp3) is 0.469. The number of carbonyl (C=O) groups is 5. The van der Waals surface area contributed by atoms with Crippen molar-refractivity contribution in [3.8, 4) is 10.4 Å². The first-order valence-electron chi connectivity index (χ1n) is 22.6. The number of aryl methyl sites for hydroxylation is 2. The largest absolute Gasteiger partial charge is 0.391 e. The summed E-state index contributed by atoms with van der Waals surface area (Å²) < 4.78 is 6.24. The minimum Gasteiger partial charge on any atom is -0.391 e. The Hall–Kier alpha value is -5.56. The molecule has 0 spiro atoms. The lowest BCUT2D eigenvalue weighted by molar-refractivity contribution is -0.143. The molecule has 3 aliphatic heterocycles. The van der Waals surface area contributed by atoms with Crippen LogP contribution in [0.5, 0.6) is 0 Å². The number of primary amides is 1. The fourth-order valence-corrected chi connectivity index (χ4v) is 9.89. The van der Waals surface area contributed by atoms with E-state index >= 15 is 0 Å². The van der Waals surface area contributed by atoms with Crippen LogP contribution >= 0.6 is 11.3 Å². The highest BCUT2D eigenvalue weighted by Crippen LogP contribution is 2.39. The van der Waals surface area contributed by atoms with Crippen molar-refractivity contribution in [2.45, 2.75) is 135 Å². The van der Waals surface area contributed by atoms with E-state index in [0.29, 0.717) is 24.8 Å². The summed E-state index contributed by atoms with van der Waals surface area (Å²) in [5, 5.41) is 31.2. The first-order chi connectivity index (χ1) is 31.4. The van der Waals surface area contributed by atoms with Gasteiger partial charge in [0.2, 0.25) is 29.5 Å². The van der Waals surface area contributed by atoms with E-state index in [1.807, 2.05) is 75.7 Å². The summed E-state index contributed by atoms with van der Waals surface area (Å²) in [6.07, 6.45) is -0.937. The maximum atomic E-state index is 14.3. The second-order valence-electron chi connectivity index (χ2n) is 18.8. The number of rotatable bonds is 17. The van der Waals surface area contributed by atoms with Crippen LogP contribution in [-0.2, 0) is 54.7 Å². The summed E-state index contributed by atoms with van der Waals surface area (Å²) >= 11 is 1.57. The number of hydrogen-bond acceptors (Lipinski definition) is 12. The first kappa shape index (κ1) is 48.4. The Morgan fingerprint density at radius 3 is 2.35 bits per heavy atom. The van der Waals surface area contributed by atoms with Crippen LogP contribution in [0.1, 0.15) is 93.1 Å². The van der Waals surface area contributed by atoms with Gasteiger partial charge in [-0.05, 0) is 71.9 Å². The molecule has 0 aliphatic carbocycles. The number of thiazole rings is 1. The van der Waals surface area contributed by atoms with Crippen LogP contribution in [0.4, 0.5) is 5.69 Å². The van der Waals surface area contributed by atoms with Gasteiger partial charge in [0.05, 0.1) is 58.7 Å². The molecule has 1 saturated heterocycles. The molecular formula is C49H62N8O8S. The Balaban J connectivity index is 0.950. The molecule has 16 nitrogen and oxygen atoms in total. The number of nitrogens with one attached hydrogen (secondary N) is 3. The minimum atomic E-state index is -1.26. The van der Waals surface area contributed by atoms with Gasteiger partial charge in [0.1, 0.15) is 18.3 Å². The molecule has 1 aromatic heterocycles. The molecular weight excluding hydrogens is 861 g/mol. The number of para-hydroxylation sites is 1. The molecule has 4 heterocycles. The fourth-order valence-electron chi connectivity index (χ4n) is 9.08. The second-order valence-corrected chi connectivity index (χ2v) is 19.7. The average Bonchev–Trinajstić information content (AvgIpc) is 4.00. The quantitative estimate of drug-likeness (QED) is 0.0759. The summed E-state index contributed by atoms with van der Waals surface area (Å²) in [6, 6.07) is 16.7. The molecule has 3 aliphatic rings. The molecule has 3 aromatic carbocycles. The lowest BCUT2D eigenvalue weighted by atomic mass is 9.85. The SMILES string of the molecule is Cc1ncsc1-c1ccc(CNC(=O)[C@@H]2C[C@@H](O)CN2C(=O)[C@@H](NC(O)c2ccc(CO[C@H](C)[C@H](CCC(N)=O)NC(=O)[C@@H]3Cc4cccc5c4N3C(=O)[C@@H](N)CC5)cc2)C(C)(C)C)cc1. The number of aromatic nitrogens is 1. The molecule has 4 aromatic rings. The van der Waals surface area contributed by atoms with Crippen LogP contribution in [0.2, 0.25) is 0 Å². The third kappa shape index (κ3) is 11.0. The van der Waals surface area contributed by atoms with Crippen molar-refractivity contribution in [1.82, 2.24) is 25.8 Å². The van der Waals surface area contributed by atoms with E-state index in [1.165, 1.54) is 4.90 Å². The molecule has 66 heavy (non-hydrogen) atoms. The highest BCUT2D eigenvalue weighted by atomic mass is 32.1. The third-order valence-electron chi connectivity index (χ3n) is 12.9. The standard InChI is InChI=1S/C49H62N8O8S/c1-27-42(66-26-53-27)32-13-9-29(10-14-32)23-52-45(61)38-22-35(58)24-56(38)48(64)43(49(3,4)5)55-44(60)33-15-11-30(12-16-33)25-65-28(2)37(19-20-40(51)59)54-46(62)39-21-34-8-6-7-31-17-18-36(50)47(63)57(39)41(31)34/h6-16,26,28,35-39,43-44,55,58,60H,17-25,50H2,1-5H3,(H2,51,59)(H,52,61)(H,54,62)/t28-,35-,36+,37+,38+,39+,43-,44?/m1/s1. The van der Waals surface area contributed by atoms with E-state index < -0.39 is 65.9 Å². The first-order valence-corrected chi connectivity index (χ1v) is 23.5. The van der Waals surface area contributed by atoms with Gasteiger partial charge >= 0.3 is 0 Å². The van der Waals surface area contributed by atoms with Gasteiger partial charge in [0.25, 0.3) is 0 Å². The molecule has 0 bridgehead atoms. The number of nitrogens with zero attached hydrogens (tertiary/aromatic N) is 3. The van der Waals surface area contributed by atoms with Crippen molar-refractivity contribution in [2.24, 2.45) is 16.9 Å². The van der Waals surface area contributed by atoms with Gasteiger partial charge in [-0.2, -0.15) is 0 Å². The van der Waals surface area contributed by atoms with E-state index in [9.17, 15) is 34.2 Å². The lowest BCUT2D eigenvalue weighted by Crippen LogP contribution is -2.57. The maximum Gasteiger partial charge on any atom is 0.244 e. The Labute approximate surface area is 389 Å². The molecule has 8 atom stereocenters. The van der Waals surface area contributed by atoms with Crippen molar-refractivity contribution < 1.29 is 38.9 Å². The number of anilines is 1. The molecule has 352 valence electrons. The predicted molar refractivity (Wildman–Crippen MR) is 250 cm³/mol. The number of β-amino-alcohol motifs (C(OH)–C–C–N with tert-alkyl or cyclic N) is 1. The number of nitrogens with two attached hydrogens (primary N) is 2. The highest BCUT2D eigenvalue weighted by molar-refractivity contribution is 7.13. The zero-order valence-electron chi connectivity index (χ0n) is 38.2. The van der Waals surface area contributed by atoms with Crippen molar-refractivity contribution >= 4 is 46.6 Å². The number of aliphatic hydroxyl groups excluding tert-OH is 2. The van der Waals surface area contributed by atoms with E-state index in [-0.39, 0.29) is 56.7 Å². The molecule has 0 radical (unpaired) electrons. The van der Waals surface area contributed by atoms with Crippen molar-refractivity contribution in [2.75, 3.05) is 11.4 Å². The Morgan fingerprint density at radius 1 is 0.985 bits per heavy atom. The molecule has 9 N–H and O–H groups in total. The van der Waals surface area contributed by atoms with E-state index in [1.54, 1.807) is 47.4 Å². The number of amides is 5. The molecule has 1 fully saturated rings. The summed E-state index contributed by atoms with van der Waals surface area (Å²) in [5.74, 6) is -1.98. The van der Waals surface area contributed by atoms with Gasteiger partial charge in [0.15, 0.2) is 0 Å². The number of likely N-dealkylation sites (tertiary alicyclic amines) is 1. The predicted octanol–water partition coefficient (Wildman–Crippen LogP) is 3.28. The van der Waals surface area contributed by atoms with Gasteiger partial charge in [-0.3, -0.25) is 34.2 Å². The van der Waals surface area contributed by atoms with Crippen molar-refractivity contribution in [3.63, 3.8) is 0 Å². The lowest BCUT2D eigenvalue weighted by Gasteiger charge is -2.36. The number of aliphatic hydroxyl groups is 2. The van der Waals surface area contributed by atoms with Crippen LogP contribution in [0, 0.1) is 12.3 Å². The molecule has 17 heteroatoms. The van der Waals surface area contributed by atoms with E-state index in [2.05, 4.69) is 20.9 Å². The molecule has 1 unspecified atom stereocenters. The van der Waals surface area contributed by atoms with Crippen LogP contribution < -0.4 is 32.3 Å². The van der Waals surface area contributed by atoms with Crippen molar-refractivity contribution in [3.05, 3.63) is 106 Å². The Kier molecular flexibility index (Phi) is 15.0. The van der Waals surface area contributed by atoms with Gasteiger partial charge < -0.3 is 42.0 Å². The zero-order valence-corrected chi connectivity index (χ0v) is 39.0. The smallest absolute Gasteiger partial charge is 0.244 e. The minimum absolute atomic E-state index is 0.00904. The monoisotopic (exact) mass is 922 g/mol. The van der Waals surface area contributed by atoms with E-state index in [4.69, 9.17) is 16.2 Å². The number of hydrogen-bond donors (Lipinski definition) is 7. The van der Waals surface area contributed by atoms with Crippen LogP contribution in [0.15, 0.2) is 72.2 Å².